The van der Waals surface area contributed by atoms with Gasteiger partial charge >= 0.3 is 5.97 Å². The van der Waals surface area contributed by atoms with Crippen LogP contribution >= 0.6 is 0 Å². The molecule has 3 rings (SSSR count). The van der Waals surface area contributed by atoms with Crippen LogP contribution in [0.15, 0.2) is 24.3 Å². The molecule has 29 heavy (non-hydrogen) atoms. The molecule has 3 atom stereocenters. The summed E-state index contributed by atoms with van der Waals surface area (Å²) in [4.78, 5) is 11.8. The Hall–Kier alpha value is -2.52. The molecule has 0 bridgehead atoms. The standard InChI is InChI=1S/C20H30N6O3/c1-28-17-8-6-16(7-9-17)19(20-23-24-25-26(20)13-18(27)29-2)22-12-15-5-3-4-14(10-15)11-21/h6-9,14-15,19,22H,3-5,10-13,21H2,1-2H3. The third-order valence-corrected chi connectivity index (χ3v) is 5.61. The second kappa shape index (κ2) is 10.3. The van der Waals surface area contributed by atoms with Gasteiger partial charge in [-0.3, -0.25) is 4.79 Å². The summed E-state index contributed by atoms with van der Waals surface area (Å²) in [5, 5.41) is 15.6. The lowest BCUT2D eigenvalue weighted by Crippen LogP contribution is -2.34. The third kappa shape index (κ3) is 5.51. The summed E-state index contributed by atoms with van der Waals surface area (Å²) in [6.07, 6.45) is 4.74. The molecule has 1 fully saturated rings. The highest BCUT2D eigenvalue weighted by Gasteiger charge is 2.26. The fourth-order valence-electron chi connectivity index (χ4n) is 3.96. The van der Waals surface area contributed by atoms with Crippen LogP contribution in [0.25, 0.3) is 0 Å². The van der Waals surface area contributed by atoms with Crippen LogP contribution in [0.2, 0.25) is 0 Å². The van der Waals surface area contributed by atoms with Gasteiger partial charge < -0.3 is 20.5 Å². The number of esters is 1. The SMILES string of the molecule is COC(=O)Cn1nnnc1C(NCC1CCCC(CN)C1)c1ccc(OC)cc1. The Morgan fingerprint density at radius 1 is 1.28 bits per heavy atom. The summed E-state index contributed by atoms with van der Waals surface area (Å²) in [5.74, 6) is 2.11. The first-order chi connectivity index (χ1) is 14.1. The van der Waals surface area contributed by atoms with Crippen LogP contribution in [0.4, 0.5) is 0 Å². The number of hydrogen-bond acceptors (Lipinski definition) is 8. The Balaban J connectivity index is 1.80. The minimum atomic E-state index is -0.398. The van der Waals surface area contributed by atoms with Crippen molar-refractivity contribution in [1.82, 2.24) is 25.5 Å². The van der Waals surface area contributed by atoms with Gasteiger partial charge in [-0.2, -0.15) is 0 Å². The molecule has 0 spiro atoms. The number of carbonyl (C=O) groups excluding carboxylic acids is 1. The van der Waals surface area contributed by atoms with Gasteiger partial charge in [0.25, 0.3) is 0 Å². The van der Waals surface area contributed by atoms with Gasteiger partial charge in [-0.1, -0.05) is 18.6 Å². The quantitative estimate of drug-likeness (QED) is 0.603. The summed E-state index contributed by atoms with van der Waals surface area (Å²) in [7, 11) is 2.99. The number of methoxy groups -OCH3 is 2. The summed E-state index contributed by atoms with van der Waals surface area (Å²) in [6, 6.07) is 7.53. The van der Waals surface area contributed by atoms with Crippen LogP contribution in [0, 0.1) is 11.8 Å². The van der Waals surface area contributed by atoms with E-state index < -0.39 is 5.97 Å². The molecule has 1 aromatic carbocycles. The zero-order valence-corrected chi connectivity index (χ0v) is 17.1. The Labute approximate surface area is 170 Å². The molecule has 158 valence electrons. The van der Waals surface area contributed by atoms with E-state index in [0.29, 0.717) is 17.7 Å². The molecule has 3 unspecified atom stereocenters. The van der Waals surface area contributed by atoms with Crippen LogP contribution in [0.3, 0.4) is 0 Å². The van der Waals surface area contributed by atoms with E-state index in [-0.39, 0.29) is 12.6 Å². The van der Waals surface area contributed by atoms with Crippen molar-refractivity contribution in [3.63, 3.8) is 0 Å². The van der Waals surface area contributed by atoms with E-state index in [1.54, 1.807) is 7.11 Å². The molecule has 0 amide bonds. The van der Waals surface area contributed by atoms with Gasteiger partial charge in [0.15, 0.2) is 5.82 Å². The number of ether oxygens (including phenoxy) is 2. The average molecular weight is 402 g/mol. The number of nitrogens with zero attached hydrogens (tertiary/aromatic N) is 4. The molecule has 9 heteroatoms. The normalized spacial score (nSPS) is 20.2. The number of hydrogen-bond donors (Lipinski definition) is 2. The highest BCUT2D eigenvalue weighted by atomic mass is 16.5. The Morgan fingerprint density at radius 3 is 2.72 bits per heavy atom. The van der Waals surface area contributed by atoms with Gasteiger partial charge in [0, 0.05) is 0 Å². The lowest BCUT2D eigenvalue weighted by atomic mass is 9.81. The number of nitrogens with one attached hydrogen (secondary N) is 1. The summed E-state index contributed by atoms with van der Waals surface area (Å²) in [5.41, 5.74) is 6.89. The molecule has 0 aliphatic heterocycles. The smallest absolute Gasteiger partial charge is 0.327 e. The largest absolute Gasteiger partial charge is 0.497 e. The van der Waals surface area contributed by atoms with Crippen molar-refractivity contribution in [3.8, 4) is 5.75 Å². The molecule has 1 heterocycles. The van der Waals surface area contributed by atoms with Crippen molar-refractivity contribution in [2.75, 3.05) is 27.3 Å². The van der Waals surface area contributed by atoms with Crippen molar-refractivity contribution in [2.24, 2.45) is 17.6 Å². The maximum absolute atomic E-state index is 11.8. The first-order valence-electron chi connectivity index (χ1n) is 10.0. The molecule has 1 aliphatic rings. The molecule has 0 saturated heterocycles. The van der Waals surface area contributed by atoms with Crippen molar-refractivity contribution >= 4 is 5.97 Å². The molecular formula is C20H30N6O3. The first kappa shape index (κ1) is 21.2. The van der Waals surface area contributed by atoms with Crippen LogP contribution in [0.1, 0.15) is 43.1 Å². The van der Waals surface area contributed by atoms with Crippen molar-refractivity contribution in [1.29, 1.82) is 0 Å². The number of tetrazole rings is 1. The van der Waals surface area contributed by atoms with E-state index in [1.807, 2.05) is 24.3 Å². The summed E-state index contributed by atoms with van der Waals surface area (Å²) < 4.78 is 11.5. The van der Waals surface area contributed by atoms with Crippen LogP contribution in [-0.2, 0) is 16.1 Å². The zero-order chi connectivity index (χ0) is 20.6. The molecule has 2 aromatic rings. The van der Waals surface area contributed by atoms with Gasteiger partial charge in [-0.15, -0.1) is 5.10 Å². The molecular weight excluding hydrogens is 372 g/mol. The number of rotatable bonds is 9. The van der Waals surface area contributed by atoms with Gasteiger partial charge in [0.1, 0.15) is 12.3 Å². The minimum absolute atomic E-state index is 0.0359. The van der Waals surface area contributed by atoms with E-state index in [0.717, 1.165) is 30.8 Å². The summed E-state index contributed by atoms with van der Waals surface area (Å²) in [6.45, 7) is 1.54. The molecule has 3 N–H and O–H groups in total. The molecule has 9 nitrogen and oxygen atoms in total. The maximum atomic E-state index is 11.8. The molecule has 1 aliphatic carbocycles. The molecule has 1 saturated carbocycles. The predicted molar refractivity (Wildman–Crippen MR) is 107 cm³/mol. The van der Waals surface area contributed by atoms with Crippen molar-refractivity contribution in [2.45, 2.75) is 38.3 Å². The predicted octanol–water partition coefficient (Wildman–Crippen LogP) is 1.30. The number of carbonyl (C=O) groups is 1. The zero-order valence-electron chi connectivity index (χ0n) is 17.1. The fraction of sp³-hybridized carbons (Fsp3) is 0.600. The maximum Gasteiger partial charge on any atom is 0.327 e. The first-order valence-corrected chi connectivity index (χ1v) is 10.0. The number of benzene rings is 1. The van der Waals surface area contributed by atoms with E-state index in [2.05, 4.69) is 20.8 Å². The average Bonchev–Trinajstić information content (AvgIpc) is 3.22. The highest BCUT2D eigenvalue weighted by Crippen LogP contribution is 2.29. The van der Waals surface area contributed by atoms with E-state index in [1.165, 1.54) is 31.1 Å². The minimum Gasteiger partial charge on any atom is -0.497 e. The van der Waals surface area contributed by atoms with Crippen LogP contribution in [-0.4, -0.2) is 53.5 Å². The van der Waals surface area contributed by atoms with Crippen LogP contribution in [0.5, 0.6) is 5.75 Å². The van der Waals surface area contributed by atoms with Gasteiger partial charge in [-0.25, -0.2) is 4.68 Å². The lowest BCUT2D eigenvalue weighted by Gasteiger charge is -2.30. The fourth-order valence-corrected chi connectivity index (χ4v) is 3.96. The van der Waals surface area contributed by atoms with Gasteiger partial charge in [0.05, 0.1) is 20.3 Å². The van der Waals surface area contributed by atoms with E-state index >= 15 is 0 Å². The van der Waals surface area contributed by atoms with Gasteiger partial charge in [0.2, 0.25) is 0 Å². The second-order valence-electron chi connectivity index (χ2n) is 7.52. The third-order valence-electron chi connectivity index (χ3n) is 5.61. The van der Waals surface area contributed by atoms with E-state index in [4.69, 9.17) is 15.2 Å². The van der Waals surface area contributed by atoms with Crippen LogP contribution < -0.4 is 15.8 Å². The van der Waals surface area contributed by atoms with Gasteiger partial charge in [-0.05, 0) is 72.3 Å². The Morgan fingerprint density at radius 2 is 2.03 bits per heavy atom. The Kier molecular flexibility index (Phi) is 7.54. The molecule has 0 radical (unpaired) electrons. The summed E-state index contributed by atoms with van der Waals surface area (Å²) >= 11 is 0. The Bertz CT molecular complexity index is 779. The number of aromatic nitrogens is 4. The number of nitrogens with two attached hydrogens (primary N) is 1. The highest BCUT2D eigenvalue weighted by molar-refractivity contribution is 5.68. The monoisotopic (exact) mass is 402 g/mol. The van der Waals surface area contributed by atoms with E-state index in [9.17, 15) is 4.79 Å². The van der Waals surface area contributed by atoms with Crippen molar-refractivity contribution < 1.29 is 14.3 Å². The topological polar surface area (TPSA) is 117 Å². The molecule has 1 aromatic heterocycles. The second-order valence-corrected chi connectivity index (χ2v) is 7.52. The van der Waals surface area contributed by atoms with Crippen molar-refractivity contribution in [3.05, 3.63) is 35.7 Å². The lowest BCUT2D eigenvalue weighted by molar-refractivity contribution is -0.141.